The number of hydrogen-bond acceptors (Lipinski definition) is 3. The summed E-state index contributed by atoms with van der Waals surface area (Å²) in [5.74, 6) is 0. The second-order valence-corrected chi connectivity index (χ2v) is 6.30. The van der Waals surface area contributed by atoms with Crippen LogP contribution >= 0.6 is 11.8 Å². The Balaban J connectivity index is 2.06. The van der Waals surface area contributed by atoms with E-state index >= 15 is 0 Å². The summed E-state index contributed by atoms with van der Waals surface area (Å²) in [6.45, 7) is 0. The van der Waals surface area contributed by atoms with Gasteiger partial charge in [0.1, 0.15) is 0 Å². The fourth-order valence-electron chi connectivity index (χ4n) is 1.80. The van der Waals surface area contributed by atoms with Gasteiger partial charge in [0.15, 0.2) is 0 Å². The smallest absolute Gasteiger partial charge is 0.0538 e. The lowest BCUT2D eigenvalue weighted by Crippen LogP contribution is -2.00. The van der Waals surface area contributed by atoms with E-state index in [2.05, 4.69) is 17.4 Å². The van der Waals surface area contributed by atoms with Gasteiger partial charge in [-0.15, -0.1) is 0 Å². The van der Waals surface area contributed by atoms with Crippen molar-refractivity contribution in [2.75, 3.05) is 11.6 Å². The van der Waals surface area contributed by atoms with Crippen LogP contribution in [-0.2, 0) is 10.8 Å². The Morgan fingerprint density at radius 3 is 2.65 bits per heavy atom. The van der Waals surface area contributed by atoms with Crippen molar-refractivity contribution in [3.63, 3.8) is 0 Å². The van der Waals surface area contributed by atoms with Gasteiger partial charge in [0.2, 0.25) is 0 Å². The fraction of sp³-hybridized carbons (Fsp3) is 0.0769. The number of nitrogens with one attached hydrogen (secondary N) is 1. The maximum absolute atomic E-state index is 11.5. The summed E-state index contributed by atoms with van der Waals surface area (Å²) in [5.41, 5.74) is 2.16. The molecule has 0 bridgehead atoms. The molecule has 4 heteroatoms. The van der Waals surface area contributed by atoms with Gasteiger partial charge in [-0.1, -0.05) is 23.9 Å². The molecule has 0 saturated heterocycles. The number of anilines is 2. The van der Waals surface area contributed by atoms with Gasteiger partial charge in [-0.25, -0.2) is 0 Å². The minimum Gasteiger partial charge on any atom is -0.354 e. The topological polar surface area (TPSA) is 29.1 Å². The zero-order chi connectivity index (χ0) is 11.8. The van der Waals surface area contributed by atoms with Crippen molar-refractivity contribution in [2.45, 2.75) is 14.7 Å². The van der Waals surface area contributed by atoms with E-state index in [1.807, 2.05) is 30.3 Å². The lowest BCUT2D eigenvalue weighted by atomic mass is 10.2. The Kier molecular flexibility index (Phi) is 2.68. The van der Waals surface area contributed by atoms with Crippen molar-refractivity contribution in [1.82, 2.24) is 0 Å². The van der Waals surface area contributed by atoms with Crippen LogP contribution < -0.4 is 5.32 Å². The monoisotopic (exact) mass is 261 g/mol. The predicted octanol–water partition coefficient (Wildman–Crippen LogP) is 3.63. The Morgan fingerprint density at radius 2 is 1.82 bits per heavy atom. The second-order valence-electron chi connectivity index (χ2n) is 3.84. The second kappa shape index (κ2) is 4.20. The van der Waals surface area contributed by atoms with Crippen molar-refractivity contribution >= 4 is 33.9 Å². The summed E-state index contributed by atoms with van der Waals surface area (Å²) in [6.07, 6.45) is 1.70. The van der Waals surface area contributed by atoms with Crippen LogP contribution in [0.5, 0.6) is 0 Å². The van der Waals surface area contributed by atoms with Crippen molar-refractivity contribution in [2.24, 2.45) is 0 Å². The normalized spacial score (nSPS) is 14.4. The first-order chi connectivity index (χ1) is 8.24. The minimum atomic E-state index is -0.934. The molecule has 0 spiro atoms. The lowest BCUT2D eigenvalue weighted by Gasteiger charge is -2.20. The Labute approximate surface area is 107 Å². The zero-order valence-electron chi connectivity index (χ0n) is 9.27. The summed E-state index contributed by atoms with van der Waals surface area (Å²) in [6, 6.07) is 14.1. The Hall–Kier alpha value is -1.26. The summed E-state index contributed by atoms with van der Waals surface area (Å²) >= 11 is 1.74. The maximum Gasteiger partial charge on any atom is 0.0538 e. The van der Waals surface area contributed by atoms with E-state index in [0.717, 1.165) is 16.3 Å². The number of hydrogen-bond donors (Lipinski definition) is 1. The molecule has 1 aliphatic heterocycles. The molecule has 1 atom stereocenters. The van der Waals surface area contributed by atoms with Crippen LogP contribution in [-0.4, -0.2) is 10.5 Å². The summed E-state index contributed by atoms with van der Waals surface area (Å²) in [5, 5.41) is 3.38. The van der Waals surface area contributed by atoms with Gasteiger partial charge >= 0.3 is 0 Å². The van der Waals surface area contributed by atoms with Crippen LogP contribution in [0, 0.1) is 0 Å². The average Bonchev–Trinajstić information content (AvgIpc) is 2.35. The quantitative estimate of drug-likeness (QED) is 0.725. The summed E-state index contributed by atoms with van der Waals surface area (Å²) in [4.78, 5) is 3.26. The molecular formula is C13H11NOS2. The number of benzene rings is 2. The van der Waals surface area contributed by atoms with Crippen LogP contribution in [0.1, 0.15) is 0 Å². The molecule has 0 aliphatic carbocycles. The summed E-state index contributed by atoms with van der Waals surface area (Å²) < 4.78 is 11.5. The molecule has 2 aromatic rings. The molecule has 0 unspecified atom stereocenters. The molecule has 0 radical (unpaired) electrons. The van der Waals surface area contributed by atoms with Crippen LogP contribution in [0.3, 0.4) is 0 Å². The number of para-hydroxylation sites is 1. The number of rotatable bonds is 1. The largest absolute Gasteiger partial charge is 0.354 e. The highest BCUT2D eigenvalue weighted by atomic mass is 32.2. The predicted molar refractivity (Wildman–Crippen MR) is 72.6 cm³/mol. The van der Waals surface area contributed by atoms with Gasteiger partial charge in [0.05, 0.1) is 11.4 Å². The highest BCUT2D eigenvalue weighted by Gasteiger charge is 2.15. The standard InChI is InChI=1S/C13H11NOS2/c1-17(15)9-6-7-13-11(8-9)14-10-4-2-3-5-12(10)16-13/h2-8,14H,1H3/t17-/m1/s1. The van der Waals surface area contributed by atoms with Crippen molar-refractivity contribution in [3.8, 4) is 0 Å². The van der Waals surface area contributed by atoms with Gasteiger partial charge < -0.3 is 5.32 Å². The van der Waals surface area contributed by atoms with Crippen LogP contribution in [0.15, 0.2) is 57.2 Å². The zero-order valence-corrected chi connectivity index (χ0v) is 10.9. The van der Waals surface area contributed by atoms with Crippen molar-refractivity contribution < 1.29 is 4.21 Å². The molecule has 0 amide bonds. The van der Waals surface area contributed by atoms with Gasteiger partial charge in [0.25, 0.3) is 0 Å². The van der Waals surface area contributed by atoms with Gasteiger partial charge in [-0.05, 0) is 30.3 Å². The lowest BCUT2D eigenvalue weighted by molar-refractivity contribution is 0.687. The van der Waals surface area contributed by atoms with E-state index in [1.165, 1.54) is 9.79 Å². The molecule has 2 nitrogen and oxygen atoms in total. The number of fused-ring (bicyclic) bond motifs is 2. The highest BCUT2D eigenvalue weighted by molar-refractivity contribution is 7.99. The molecule has 1 heterocycles. The van der Waals surface area contributed by atoms with E-state index in [4.69, 9.17) is 0 Å². The molecule has 86 valence electrons. The third-order valence-electron chi connectivity index (χ3n) is 2.66. The van der Waals surface area contributed by atoms with E-state index in [1.54, 1.807) is 18.0 Å². The Morgan fingerprint density at radius 1 is 1.06 bits per heavy atom. The molecule has 1 aliphatic rings. The van der Waals surface area contributed by atoms with Gasteiger partial charge in [-0.2, -0.15) is 0 Å². The van der Waals surface area contributed by atoms with Crippen molar-refractivity contribution in [3.05, 3.63) is 42.5 Å². The molecule has 2 aromatic carbocycles. The van der Waals surface area contributed by atoms with E-state index in [9.17, 15) is 4.21 Å². The molecule has 0 fully saturated rings. The summed E-state index contributed by atoms with van der Waals surface area (Å²) in [7, 11) is -0.934. The molecule has 17 heavy (non-hydrogen) atoms. The SMILES string of the molecule is C[S@@](=O)c1ccc2c(c1)Nc1ccccc1S2. The third-order valence-corrected chi connectivity index (χ3v) is 4.73. The minimum absolute atomic E-state index is 0.858. The van der Waals surface area contributed by atoms with Crippen LogP contribution in [0.25, 0.3) is 0 Å². The third kappa shape index (κ3) is 1.98. The molecule has 3 rings (SSSR count). The molecule has 0 aromatic heterocycles. The first-order valence-corrected chi connectivity index (χ1v) is 7.63. The van der Waals surface area contributed by atoms with Crippen molar-refractivity contribution in [1.29, 1.82) is 0 Å². The first kappa shape index (κ1) is 10.9. The van der Waals surface area contributed by atoms with Crippen LogP contribution in [0.4, 0.5) is 11.4 Å². The fourth-order valence-corrected chi connectivity index (χ4v) is 3.31. The van der Waals surface area contributed by atoms with E-state index < -0.39 is 10.8 Å². The Bertz CT molecular complexity index is 610. The molecule has 1 N–H and O–H groups in total. The van der Waals surface area contributed by atoms with E-state index in [-0.39, 0.29) is 0 Å². The average molecular weight is 261 g/mol. The van der Waals surface area contributed by atoms with Gasteiger partial charge in [-0.3, -0.25) is 4.21 Å². The molecular weight excluding hydrogens is 250 g/mol. The van der Waals surface area contributed by atoms with Crippen LogP contribution in [0.2, 0.25) is 0 Å². The molecule has 0 saturated carbocycles. The van der Waals surface area contributed by atoms with E-state index in [0.29, 0.717) is 0 Å². The maximum atomic E-state index is 11.5. The van der Waals surface area contributed by atoms with Gasteiger partial charge in [0, 0.05) is 31.7 Å². The highest BCUT2D eigenvalue weighted by Crippen LogP contribution is 2.44. The first-order valence-electron chi connectivity index (χ1n) is 5.25.